The number of hydrogen-bond donors (Lipinski definition) is 1. The molecule has 1 aromatic rings. The van der Waals surface area contributed by atoms with Crippen LogP contribution in [-0.4, -0.2) is 28.9 Å². The minimum Gasteiger partial charge on any atom is -0.349 e. The molecule has 3 nitrogen and oxygen atoms in total. The predicted molar refractivity (Wildman–Crippen MR) is 80.3 cm³/mol. The zero-order chi connectivity index (χ0) is 14.0. The van der Waals surface area contributed by atoms with E-state index in [2.05, 4.69) is 47.5 Å². The fourth-order valence-corrected chi connectivity index (χ4v) is 3.76. The summed E-state index contributed by atoms with van der Waals surface area (Å²) < 4.78 is 0. The maximum absolute atomic E-state index is 11.9. The molecule has 2 heterocycles. The number of fused-ring (bicyclic) bond motifs is 1. The predicted octanol–water partition coefficient (Wildman–Crippen LogP) is 2.71. The Morgan fingerprint density at radius 1 is 1.30 bits per heavy atom. The summed E-state index contributed by atoms with van der Waals surface area (Å²) >= 11 is 0. The van der Waals surface area contributed by atoms with Crippen LogP contribution in [-0.2, 0) is 11.3 Å². The summed E-state index contributed by atoms with van der Waals surface area (Å²) in [6.07, 6.45) is 5.15. The van der Waals surface area contributed by atoms with E-state index in [1.54, 1.807) is 0 Å². The largest absolute Gasteiger partial charge is 0.349 e. The van der Waals surface area contributed by atoms with E-state index >= 15 is 0 Å². The van der Waals surface area contributed by atoms with Crippen LogP contribution in [0.2, 0.25) is 0 Å². The minimum absolute atomic E-state index is 0.0354. The van der Waals surface area contributed by atoms with Crippen LogP contribution < -0.4 is 5.32 Å². The highest BCUT2D eigenvalue weighted by atomic mass is 16.1. The Morgan fingerprint density at radius 3 is 2.90 bits per heavy atom. The molecular weight excluding hydrogens is 248 g/mol. The molecule has 3 rings (SSSR count). The second-order valence-electron chi connectivity index (χ2n) is 6.43. The monoisotopic (exact) mass is 272 g/mol. The van der Waals surface area contributed by atoms with Gasteiger partial charge in [-0.05, 0) is 31.7 Å². The van der Waals surface area contributed by atoms with Crippen LogP contribution >= 0.6 is 0 Å². The van der Waals surface area contributed by atoms with Crippen molar-refractivity contribution in [2.24, 2.45) is 0 Å². The molecule has 0 saturated carbocycles. The van der Waals surface area contributed by atoms with Gasteiger partial charge in [0.25, 0.3) is 0 Å². The lowest BCUT2D eigenvalue weighted by Gasteiger charge is -2.38. The molecule has 0 spiro atoms. The molecule has 2 fully saturated rings. The lowest BCUT2D eigenvalue weighted by Crippen LogP contribution is -2.55. The third-order valence-corrected chi connectivity index (χ3v) is 4.88. The number of nitrogens with one attached hydrogen (secondary N) is 1. The van der Waals surface area contributed by atoms with E-state index in [1.165, 1.54) is 18.4 Å². The Kier molecular flexibility index (Phi) is 3.79. The van der Waals surface area contributed by atoms with Gasteiger partial charge in [0.2, 0.25) is 5.91 Å². The van der Waals surface area contributed by atoms with Gasteiger partial charge in [0.15, 0.2) is 0 Å². The van der Waals surface area contributed by atoms with E-state index in [9.17, 15) is 4.79 Å². The zero-order valence-corrected chi connectivity index (χ0v) is 12.3. The van der Waals surface area contributed by atoms with E-state index in [0.29, 0.717) is 12.5 Å². The molecule has 3 heteroatoms. The van der Waals surface area contributed by atoms with Crippen molar-refractivity contribution in [3.05, 3.63) is 35.9 Å². The summed E-state index contributed by atoms with van der Waals surface area (Å²) in [5.74, 6) is 0.235. The lowest BCUT2D eigenvalue weighted by atomic mass is 9.86. The summed E-state index contributed by atoms with van der Waals surface area (Å²) in [6.45, 7) is 4.30. The first-order valence-electron chi connectivity index (χ1n) is 7.76. The van der Waals surface area contributed by atoms with Crippen LogP contribution in [0.1, 0.15) is 44.6 Å². The van der Waals surface area contributed by atoms with Gasteiger partial charge < -0.3 is 5.32 Å². The Labute approximate surface area is 121 Å². The van der Waals surface area contributed by atoms with Crippen LogP contribution in [0.25, 0.3) is 0 Å². The van der Waals surface area contributed by atoms with Crippen LogP contribution in [0.3, 0.4) is 0 Å². The fraction of sp³-hybridized carbons (Fsp3) is 0.588. The molecule has 1 aromatic carbocycles. The Morgan fingerprint density at radius 2 is 2.10 bits per heavy atom. The summed E-state index contributed by atoms with van der Waals surface area (Å²) in [4.78, 5) is 14.5. The van der Waals surface area contributed by atoms with E-state index in [4.69, 9.17) is 0 Å². The Bertz CT molecular complexity index is 473. The van der Waals surface area contributed by atoms with Crippen LogP contribution in [0, 0.1) is 0 Å². The highest BCUT2D eigenvalue weighted by molar-refractivity contribution is 5.77. The number of carbonyl (C=O) groups excluding carboxylic acids is 1. The minimum atomic E-state index is -0.0354. The average molecular weight is 272 g/mol. The van der Waals surface area contributed by atoms with Crippen LogP contribution in [0.15, 0.2) is 30.3 Å². The SMILES string of the molecule is C[C@]12CCN(Cc3ccccc3)[C@H]1CCCCC(=O)N2. The van der Waals surface area contributed by atoms with Crippen molar-refractivity contribution in [2.75, 3.05) is 6.54 Å². The molecule has 0 aromatic heterocycles. The number of amides is 1. The number of benzene rings is 1. The van der Waals surface area contributed by atoms with E-state index in [1.807, 2.05) is 0 Å². The molecule has 0 bridgehead atoms. The summed E-state index contributed by atoms with van der Waals surface area (Å²) in [6, 6.07) is 11.1. The fourth-order valence-electron chi connectivity index (χ4n) is 3.76. The number of carbonyl (C=O) groups is 1. The Balaban J connectivity index is 1.75. The van der Waals surface area contributed by atoms with Gasteiger partial charge in [-0.25, -0.2) is 0 Å². The molecule has 2 aliphatic heterocycles. The summed E-state index contributed by atoms with van der Waals surface area (Å²) in [5, 5.41) is 3.29. The third kappa shape index (κ3) is 2.73. The van der Waals surface area contributed by atoms with Gasteiger partial charge in [0, 0.05) is 25.6 Å². The summed E-state index contributed by atoms with van der Waals surface area (Å²) in [5.41, 5.74) is 1.33. The third-order valence-electron chi connectivity index (χ3n) is 4.88. The van der Waals surface area contributed by atoms with Gasteiger partial charge in [-0.15, -0.1) is 0 Å². The maximum Gasteiger partial charge on any atom is 0.220 e. The van der Waals surface area contributed by atoms with Gasteiger partial charge in [0.05, 0.1) is 5.54 Å². The van der Waals surface area contributed by atoms with Crippen molar-refractivity contribution in [1.82, 2.24) is 10.2 Å². The highest BCUT2D eigenvalue weighted by Gasteiger charge is 2.44. The zero-order valence-electron chi connectivity index (χ0n) is 12.3. The lowest BCUT2D eigenvalue weighted by molar-refractivity contribution is -0.123. The van der Waals surface area contributed by atoms with Gasteiger partial charge in [0.1, 0.15) is 0 Å². The van der Waals surface area contributed by atoms with E-state index in [0.717, 1.165) is 25.9 Å². The summed E-state index contributed by atoms with van der Waals surface area (Å²) in [7, 11) is 0. The quantitative estimate of drug-likeness (QED) is 0.898. The van der Waals surface area contributed by atoms with E-state index < -0.39 is 0 Å². The number of hydrogen-bond acceptors (Lipinski definition) is 2. The molecule has 2 saturated heterocycles. The molecule has 1 N–H and O–H groups in total. The molecule has 0 aliphatic carbocycles. The highest BCUT2D eigenvalue weighted by Crippen LogP contribution is 2.34. The maximum atomic E-state index is 11.9. The first-order chi connectivity index (χ1) is 9.67. The van der Waals surface area contributed by atoms with Gasteiger partial charge in [-0.2, -0.15) is 0 Å². The standard InChI is InChI=1S/C17H24N2O/c1-17-11-12-19(13-14-7-3-2-4-8-14)15(17)9-5-6-10-16(20)18-17/h2-4,7-8,15H,5-6,9-13H2,1H3,(H,18,20)/t15-,17-/m0/s1. The Hall–Kier alpha value is -1.35. The number of nitrogens with zero attached hydrogens (tertiary/aromatic N) is 1. The van der Waals surface area contributed by atoms with E-state index in [-0.39, 0.29) is 11.4 Å². The van der Waals surface area contributed by atoms with Crippen molar-refractivity contribution in [3.63, 3.8) is 0 Å². The molecule has 0 radical (unpaired) electrons. The van der Waals surface area contributed by atoms with Crippen molar-refractivity contribution in [1.29, 1.82) is 0 Å². The first kappa shape index (κ1) is 13.6. The van der Waals surface area contributed by atoms with Crippen molar-refractivity contribution in [2.45, 2.75) is 57.2 Å². The number of rotatable bonds is 2. The van der Waals surface area contributed by atoms with Crippen LogP contribution in [0.5, 0.6) is 0 Å². The molecule has 2 atom stereocenters. The molecule has 20 heavy (non-hydrogen) atoms. The second-order valence-corrected chi connectivity index (χ2v) is 6.43. The van der Waals surface area contributed by atoms with Gasteiger partial charge in [-0.1, -0.05) is 36.8 Å². The van der Waals surface area contributed by atoms with Gasteiger partial charge in [-0.3, -0.25) is 9.69 Å². The van der Waals surface area contributed by atoms with Crippen molar-refractivity contribution in [3.8, 4) is 0 Å². The van der Waals surface area contributed by atoms with Gasteiger partial charge >= 0.3 is 0 Å². The van der Waals surface area contributed by atoms with Crippen LogP contribution in [0.4, 0.5) is 0 Å². The molecular formula is C17H24N2O. The second kappa shape index (κ2) is 5.57. The topological polar surface area (TPSA) is 32.3 Å². The first-order valence-corrected chi connectivity index (χ1v) is 7.76. The average Bonchev–Trinajstić information content (AvgIpc) is 2.70. The molecule has 0 unspecified atom stereocenters. The molecule has 2 aliphatic rings. The van der Waals surface area contributed by atoms with Crippen molar-refractivity contribution < 1.29 is 4.79 Å². The smallest absolute Gasteiger partial charge is 0.220 e. The molecule has 108 valence electrons. The molecule has 1 amide bonds. The van der Waals surface area contributed by atoms with Crippen molar-refractivity contribution >= 4 is 5.91 Å². The number of likely N-dealkylation sites (tertiary alicyclic amines) is 1. The normalized spacial score (nSPS) is 31.2.